The second-order valence-electron chi connectivity index (χ2n) is 6.19. The highest BCUT2D eigenvalue weighted by atomic mass is 16.5. The molecule has 1 aliphatic rings. The lowest BCUT2D eigenvalue weighted by molar-refractivity contribution is 0.0949. The van der Waals surface area contributed by atoms with Gasteiger partial charge in [0.2, 0.25) is 0 Å². The van der Waals surface area contributed by atoms with Crippen LogP contribution >= 0.6 is 0 Å². The maximum atomic E-state index is 12.4. The van der Waals surface area contributed by atoms with Crippen LogP contribution in [0.3, 0.4) is 0 Å². The molecule has 1 aromatic carbocycles. The van der Waals surface area contributed by atoms with E-state index in [1.54, 1.807) is 20.4 Å². The number of nitrogens with zero attached hydrogens (tertiary/aromatic N) is 2. The standard InChI is InChI=1S/C20H25N3O4/c1-25-18-4-3-15(13-19(18)26-2)5-7-22-20(24)17-14-16(6-8-21-17)23-9-11-27-12-10-23/h3-4,6,8,13-14H,5,7,9-12H2,1-2H3,(H,22,24). The van der Waals surface area contributed by atoms with E-state index in [-0.39, 0.29) is 5.91 Å². The number of carbonyl (C=O) groups excluding carboxylic acids is 1. The molecule has 1 saturated heterocycles. The molecule has 7 nitrogen and oxygen atoms in total. The predicted molar refractivity (Wildman–Crippen MR) is 103 cm³/mol. The zero-order valence-corrected chi connectivity index (χ0v) is 15.7. The molecule has 0 spiro atoms. The molecule has 1 N–H and O–H groups in total. The molecule has 0 radical (unpaired) electrons. The molecule has 2 aromatic rings. The topological polar surface area (TPSA) is 72.9 Å². The number of morpholine rings is 1. The molecular weight excluding hydrogens is 346 g/mol. The van der Waals surface area contributed by atoms with Gasteiger partial charge in [-0.05, 0) is 36.2 Å². The average Bonchev–Trinajstić information content (AvgIpc) is 2.74. The molecule has 1 aliphatic heterocycles. The summed E-state index contributed by atoms with van der Waals surface area (Å²) in [7, 11) is 3.21. The summed E-state index contributed by atoms with van der Waals surface area (Å²) < 4.78 is 15.9. The van der Waals surface area contributed by atoms with Gasteiger partial charge >= 0.3 is 0 Å². The molecule has 27 heavy (non-hydrogen) atoms. The van der Waals surface area contributed by atoms with E-state index >= 15 is 0 Å². The van der Waals surface area contributed by atoms with Crippen LogP contribution in [0.1, 0.15) is 16.1 Å². The van der Waals surface area contributed by atoms with Crippen molar-refractivity contribution in [3.8, 4) is 11.5 Å². The number of nitrogens with one attached hydrogen (secondary N) is 1. The second-order valence-corrected chi connectivity index (χ2v) is 6.19. The van der Waals surface area contributed by atoms with E-state index in [0.717, 1.165) is 24.3 Å². The van der Waals surface area contributed by atoms with Crippen LogP contribution < -0.4 is 19.7 Å². The number of carbonyl (C=O) groups is 1. The Morgan fingerprint density at radius 1 is 1.15 bits per heavy atom. The van der Waals surface area contributed by atoms with Gasteiger partial charge in [-0.25, -0.2) is 0 Å². The van der Waals surface area contributed by atoms with Crippen LogP contribution in [0.2, 0.25) is 0 Å². The van der Waals surface area contributed by atoms with Gasteiger partial charge in [0.25, 0.3) is 5.91 Å². The first-order chi connectivity index (χ1) is 13.2. The Morgan fingerprint density at radius 2 is 1.93 bits per heavy atom. The van der Waals surface area contributed by atoms with Crippen molar-refractivity contribution in [2.45, 2.75) is 6.42 Å². The Labute approximate surface area is 159 Å². The monoisotopic (exact) mass is 371 g/mol. The van der Waals surface area contributed by atoms with Crippen molar-refractivity contribution in [1.82, 2.24) is 10.3 Å². The molecule has 0 saturated carbocycles. The number of hydrogen-bond donors (Lipinski definition) is 1. The lowest BCUT2D eigenvalue weighted by Gasteiger charge is -2.28. The fraction of sp³-hybridized carbons (Fsp3) is 0.400. The number of ether oxygens (including phenoxy) is 3. The number of benzene rings is 1. The van der Waals surface area contributed by atoms with Crippen LogP contribution in [0, 0.1) is 0 Å². The molecular formula is C20H25N3O4. The number of aromatic nitrogens is 1. The number of rotatable bonds is 7. The van der Waals surface area contributed by atoms with E-state index in [2.05, 4.69) is 15.2 Å². The Kier molecular flexibility index (Phi) is 6.49. The first-order valence-corrected chi connectivity index (χ1v) is 8.99. The maximum absolute atomic E-state index is 12.4. The zero-order chi connectivity index (χ0) is 19.1. The van der Waals surface area contributed by atoms with Gasteiger partial charge in [0.05, 0.1) is 27.4 Å². The number of pyridine rings is 1. The van der Waals surface area contributed by atoms with E-state index in [9.17, 15) is 4.79 Å². The third kappa shape index (κ3) is 4.89. The van der Waals surface area contributed by atoms with Crippen molar-refractivity contribution < 1.29 is 19.0 Å². The summed E-state index contributed by atoms with van der Waals surface area (Å²) >= 11 is 0. The van der Waals surface area contributed by atoms with Gasteiger partial charge in [0.1, 0.15) is 5.69 Å². The van der Waals surface area contributed by atoms with Crippen LogP contribution in [0.5, 0.6) is 11.5 Å². The summed E-state index contributed by atoms with van der Waals surface area (Å²) in [6.45, 7) is 3.57. The zero-order valence-electron chi connectivity index (χ0n) is 15.7. The second kappa shape index (κ2) is 9.23. The third-order valence-electron chi connectivity index (χ3n) is 4.50. The van der Waals surface area contributed by atoms with Gasteiger partial charge in [-0.3, -0.25) is 9.78 Å². The molecule has 3 rings (SSSR count). The Balaban J connectivity index is 1.56. The first kappa shape index (κ1) is 19.0. The maximum Gasteiger partial charge on any atom is 0.269 e. The van der Waals surface area contributed by atoms with Crippen molar-refractivity contribution >= 4 is 11.6 Å². The molecule has 2 heterocycles. The van der Waals surface area contributed by atoms with E-state index in [1.807, 2.05) is 30.3 Å². The SMILES string of the molecule is COc1ccc(CCNC(=O)c2cc(N3CCOCC3)ccn2)cc1OC. The summed E-state index contributed by atoms with van der Waals surface area (Å²) in [5.74, 6) is 1.20. The minimum absolute atomic E-state index is 0.175. The predicted octanol–water partition coefficient (Wildman–Crippen LogP) is 1.91. The highest BCUT2D eigenvalue weighted by Gasteiger charge is 2.14. The molecule has 7 heteroatoms. The van der Waals surface area contributed by atoms with Crippen molar-refractivity contribution in [1.29, 1.82) is 0 Å². The van der Waals surface area contributed by atoms with Crippen molar-refractivity contribution in [2.24, 2.45) is 0 Å². The number of amides is 1. The number of methoxy groups -OCH3 is 2. The molecule has 0 atom stereocenters. The molecule has 0 aliphatic carbocycles. The van der Waals surface area contributed by atoms with E-state index < -0.39 is 0 Å². The lowest BCUT2D eigenvalue weighted by atomic mass is 10.1. The number of hydrogen-bond acceptors (Lipinski definition) is 6. The van der Waals surface area contributed by atoms with Crippen molar-refractivity contribution in [3.63, 3.8) is 0 Å². The van der Waals surface area contributed by atoms with Gasteiger partial charge in [-0.2, -0.15) is 0 Å². The normalized spacial score (nSPS) is 13.9. The summed E-state index contributed by atoms with van der Waals surface area (Å²) in [6, 6.07) is 9.50. The van der Waals surface area contributed by atoms with Crippen LogP contribution in [0.4, 0.5) is 5.69 Å². The highest BCUT2D eigenvalue weighted by Crippen LogP contribution is 2.27. The summed E-state index contributed by atoms with van der Waals surface area (Å²) in [4.78, 5) is 18.8. The van der Waals surface area contributed by atoms with Gasteiger partial charge < -0.3 is 24.4 Å². The Morgan fingerprint density at radius 3 is 2.67 bits per heavy atom. The lowest BCUT2D eigenvalue weighted by Crippen LogP contribution is -2.36. The minimum atomic E-state index is -0.175. The molecule has 144 valence electrons. The van der Waals surface area contributed by atoms with Gasteiger partial charge in [0.15, 0.2) is 11.5 Å². The van der Waals surface area contributed by atoms with E-state index in [4.69, 9.17) is 14.2 Å². The molecule has 0 bridgehead atoms. The fourth-order valence-electron chi connectivity index (χ4n) is 3.01. The molecule has 1 amide bonds. The summed E-state index contributed by atoms with van der Waals surface area (Å²) in [6.07, 6.45) is 2.36. The third-order valence-corrected chi connectivity index (χ3v) is 4.50. The average molecular weight is 371 g/mol. The van der Waals surface area contributed by atoms with E-state index in [0.29, 0.717) is 43.4 Å². The number of anilines is 1. The van der Waals surface area contributed by atoms with Crippen LogP contribution in [-0.2, 0) is 11.2 Å². The summed E-state index contributed by atoms with van der Waals surface area (Å²) in [5.41, 5.74) is 2.48. The van der Waals surface area contributed by atoms with Crippen LogP contribution in [0.15, 0.2) is 36.5 Å². The van der Waals surface area contributed by atoms with Crippen molar-refractivity contribution in [3.05, 3.63) is 47.8 Å². The van der Waals surface area contributed by atoms with Gasteiger partial charge in [0, 0.05) is 31.5 Å². The van der Waals surface area contributed by atoms with Crippen LogP contribution in [0.25, 0.3) is 0 Å². The van der Waals surface area contributed by atoms with Gasteiger partial charge in [-0.15, -0.1) is 0 Å². The molecule has 1 fully saturated rings. The molecule has 1 aromatic heterocycles. The smallest absolute Gasteiger partial charge is 0.269 e. The highest BCUT2D eigenvalue weighted by molar-refractivity contribution is 5.93. The molecule has 0 unspecified atom stereocenters. The fourth-order valence-corrected chi connectivity index (χ4v) is 3.01. The minimum Gasteiger partial charge on any atom is -0.493 e. The van der Waals surface area contributed by atoms with E-state index in [1.165, 1.54) is 0 Å². The van der Waals surface area contributed by atoms with Crippen molar-refractivity contribution in [2.75, 3.05) is 52.0 Å². The van der Waals surface area contributed by atoms with Gasteiger partial charge in [-0.1, -0.05) is 6.07 Å². The largest absolute Gasteiger partial charge is 0.493 e. The summed E-state index contributed by atoms with van der Waals surface area (Å²) in [5, 5.41) is 2.93. The first-order valence-electron chi connectivity index (χ1n) is 8.99. The Hall–Kier alpha value is -2.80. The quantitative estimate of drug-likeness (QED) is 0.802. The van der Waals surface area contributed by atoms with Crippen LogP contribution in [-0.4, -0.2) is 58.0 Å². The Bertz CT molecular complexity index is 776.